The summed E-state index contributed by atoms with van der Waals surface area (Å²) in [5.74, 6) is 0.236. The maximum Gasteiger partial charge on any atom is 0.0796 e. The fraction of sp³-hybridized carbons (Fsp3) is 1.00. The van der Waals surface area contributed by atoms with E-state index in [1.54, 1.807) is 0 Å². The van der Waals surface area contributed by atoms with Crippen molar-refractivity contribution in [3.63, 3.8) is 0 Å². The van der Waals surface area contributed by atoms with Crippen LogP contribution in [0.15, 0.2) is 0 Å². The van der Waals surface area contributed by atoms with E-state index in [0.29, 0.717) is 0 Å². The van der Waals surface area contributed by atoms with Gasteiger partial charge in [0, 0.05) is 0 Å². The van der Waals surface area contributed by atoms with E-state index in [2.05, 4.69) is 6.92 Å². The molecule has 0 bridgehead atoms. The molecule has 56 valence electrons. The van der Waals surface area contributed by atoms with Gasteiger partial charge < -0.3 is 10.2 Å². The van der Waals surface area contributed by atoms with Gasteiger partial charge in [0.1, 0.15) is 0 Å². The Morgan fingerprint density at radius 3 is 2.33 bits per heavy atom. The lowest BCUT2D eigenvalue weighted by Crippen LogP contribution is -2.21. The molecule has 2 N–H and O–H groups in total. The summed E-state index contributed by atoms with van der Waals surface area (Å²) in [6, 6.07) is 0. The molecule has 0 fully saturated rings. The van der Waals surface area contributed by atoms with Crippen LogP contribution in [0.4, 0.5) is 0 Å². The van der Waals surface area contributed by atoms with Gasteiger partial charge in [-0.05, 0) is 12.3 Å². The molecule has 0 aromatic carbocycles. The van der Waals surface area contributed by atoms with E-state index in [1.807, 2.05) is 6.92 Å². The first-order valence-corrected chi connectivity index (χ1v) is 3.51. The standard InChI is InChI=1S/C7H16O2/c1-3-4-6(2)7(9)5-8/h6-9H,3-5H2,1-2H3/t6-,7-/m0/s1. The molecular weight excluding hydrogens is 116 g/mol. The minimum atomic E-state index is -0.523. The molecule has 0 aromatic heterocycles. The third-order valence-electron chi connectivity index (χ3n) is 1.59. The Hall–Kier alpha value is -0.0800. The second-order valence-electron chi connectivity index (χ2n) is 2.52. The summed E-state index contributed by atoms with van der Waals surface area (Å²) in [7, 11) is 0. The average Bonchev–Trinajstić information content (AvgIpc) is 1.87. The molecule has 9 heavy (non-hydrogen) atoms. The first-order chi connectivity index (χ1) is 4.22. The fourth-order valence-electron chi connectivity index (χ4n) is 0.828. The van der Waals surface area contributed by atoms with Gasteiger partial charge in [-0.25, -0.2) is 0 Å². The first kappa shape index (κ1) is 8.92. The van der Waals surface area contributed by atoms with Crippen LogP contribution in [0.3, 0.4) is 0 Å². The van der Waals surface area contributed by atoms with Gasteiger partial charge in [0.05, 0.1) is 12.7 Å². The highest BCUT2D eigenvalue weighted by Gasteiger charge is 2.10. The van der Waals surface area contributed by atoms with E-state index in [9.17, 15) is 0 Å². The molecule has 0 saturated carbocycles. The third-order valence-corrected chi connectivity index (χ3v) is 1.59. The molecule has 0 rings (SSSR count). The highest BCUT2D eigenvalue weighted by Crippen LogP contribution is 2.09. The first-order valence-electron chi connectivity index (χ1n) is 3.51. The van der Waals surface area contributed by atoms with Gasteiger partial charge in [-0.1, -0.05) is 20.3 Å². The van der Waals surface area contributed by atoms with Gasteiger partial charge in [-0.3, -0.25) is 0 Å². The summed E-state index contributed by atoms with van der Waals surface area (Å²) >= 11 is 0. The molecule has 0 heterocycles. The molecule has 0 aromatic rings. The summed E-state index contributed by atoms with van der Waals surface area (Å²) in [5.41, 5.74) is 0. The van der Waals surface area contributed by atoms with E-state index < -0.39 is 6.10 Å². The van der Waals surface area contributed by atoms with Crippen molar-refractivity contribution in [2.24, 2.45) is 5.92 Å². The molecule has 0 aliphatic carbocycles. The van der Waals surface area contributed by atoms with Crippen LogP contribution in [-0.4, -0.2) is 22.9 Å². The minimum Gasteiger partial charge on any atom is -0.394 e. The molecule has 0 radical (unpaired) electrons. The zero-order valence-electron chi connectivity index (χ0n) is 6.17. The van der Waals surface area contributed by atoms with Gasteiger partial charge in [-0.15, -0.1) is 0 Å². The van der Waals surface area contributed by atoms with E-state index in [4.69, 9.17) is 10.2 Å². The largest absolute Gasteiger partial charge is 0.394 e. The van der Waals surface area contributed by atoms with E-state index in [-0.39, 0.29) is 12.5 Å². The van der Waals surface area contributed by atoms with Crippen LogP contribution in [-0.2, 0) is 0 Å². The number of rotatable bonds is 4. The lowest BCUT2D eigenvalue weighted by atomic mass is 10.0. The van der Waals surface area contributed by atoms with Crippen molar-refractivity contribution in [1.29, 1.82) is 0 Å². The summed E-state index contributed by atoms with van der Waals surface area (Å²) in [4.78, 5) is 0. The second-order valence-corrected chi connectivity index (χ2v) is 2.52. The van der Waals surface area contributed by atoms with Gasteiger partial charge in [-0.2, -0.15) is 0 Å². The fourth-order valence-corrected chi connectivity index (χ4v) is 0.828. The maximum atomic E-state index is 9.01. The number of hydrogen-bond donors (Lipinski definition) is 2. The molecule has 2 heteroatoms. The molecule has 0 spiro atoms. The molecule has 0 saturated heterocycles. The smallest absolute Gasteiger partial charge is 0.0796 e. The van der Waals surface area contributed by atoms with Crippen molar-refractivity contribution in [2.75, 3.05) is 6.61 Å². The molecular formula is C7H16O2. The number of aliphatic hydroxyl groups excluding tert-OH is 2. The quantitative estimate of drug-likeness (QED) is 0.593. The highest BCUT2D eigenvalue weighted by molar-refractivity contribution is 4.61. The molecule has 2 atom stereocenters. The van der Waals surface area contributed by atoms with E-state index in [1.165, 1.54) is 0 Å². The molecule has 0 unspecified atom stereocenters. The summed E-state index contributed by atoms with van der Waals surface area (Å²) in [6.45, 7) is 3.91. The SMILES string of the molecule is CCC[C@H](C)[C@@H](O)CO. The van der Waals surface area contributed by atoms with Crippen LogP contribution in [0.25, 0.3) is 0 Å². The van der Waals surface area contributed by atoms with Crippen LogP contribution in [0.1, 0.15) is 26.7 Å². The van der Waals surface area contributed by atoms with Crippen molar-refractivity contribution in [1.82, 2.24) is 0 Å². The van der Waals surface area contributed by atoms with Gasteiger partial charge in [0.2, 0.25) is 0 Å². The lowest BCUT2D eigenvalue weighted by molar-refractivity contribution is 0.0502. The highest BCUT2D eigenvalue weighted by atomic mass is 16.3. The van der Waals surface area contributed by atoms with Crippen LogP contribution in [0, 0.1) is 5.92 Å². The van der Waals surface area contributed by atoms with Gasteiger partial charge in [0.25, 0.3) is 0 Å². The number of aliphatic hydroxyl groups is 2. The third kappa shape index (κ3) is 3.49. The van der Waals surface area contributed by atoms with Crippen LogP contribution in [0.5, 0.6) is 0 Å². The second kappa shape index (κ2) is 4.77. The molecule has 0 aliphatic heterocycles. The van der Waals surface area contributed by atoms with Crippen molar-refractivity contribution in [2.45, 2.75) is 32.8 Å². The number of hydrogen-bond acceptors (Lipinski definition) is 2. The van der Waals surface area contributed by atoms with E-state index in [0.717, 1.165) is 12.8 Å². The Morgan fingerprint density at radius 2 is 2.00 bits per heavy atom. The predicted octanol–water partition coefficient (Wildman–Crippen LogP) is 0.776. The van der Waals surface area contributed by atoms with Crippen molar-refractivity contribution >= 4 is 0 Å². The minimum absolute atomic E-state index is 0.110. The normalized spacial score (nSPS) is 17.3. The zero-order valence-corrected chi connectivity index (χ0v) is 6.17. The topological polar surface area (TPSA) is 40.5 Å². The Morgan fingerprint density at radius 1 is 1.44 bits per heavy atom. The zero-order chi connectivity index (χ0) is 7.28. The Kier molecular flexibility index (Phi) is 4.72. The van der Waals surface area contributed by atoms with Gasteiger partial charge >= 0.3 is 0 Å². The lowest BCUT2D eigenvalue weighted by Gasteiger charge is -2.14. The average molecular weight is 132 g/mol. The predicted molar refractivity (Wildman–Crippen MR) is 37.2 cm³/mol. The van der Waals surface area contributed by atoms with Crippen LogP contribution >= 0.6 is 0 Å². The van der Waals surface area contributed by atoms with Crippen molar-refractivity contribution in [3.8, 4) is 0 Å². The van der Waals surface area contributed by atoms with Crippen molar-refractivity contribution < 1.29 is 10.2 Å². The maximum absolute atomic E-state index is 9.01. The van der Waals surface area contributed by atoms with E-state index >= 15 is 0 Å². The van der Waals surface area contributed by atoms with Crippen LogP contribution < -0.4 is 0 Å². The summed E-state index contributed by atoms with van der Waals surface area (Å²) in [6.07, 6.45) is 1.53. The monoisotopic (exact) mass is 132 g/mol. The Balaban J connectivity index is 3.32. The van der Waals surface area contributed by atoms with Crippen molar-refractivity contribution in [3.05, 3.63) is 0 Å². The van der Waals surface area contributed by atoms with Crippen LogP contribution in [0.2, 0.25) is 0 Å². The summed E-state index contributed by atoms with van der Waals surface area (Å²) < 4.78 is 0. The Bertz CT molecular complexity index is 63.9. The molecule has 2 nitrogen and oxygen atoms in total. The molecule has 0 amide bonds. The van der Waals surface area contributed by atoms with Gasteiger partial charge in [0.15, 0.2) is 0 Å². The Labute approximate surface area is 56.5 Å². The summed E-state index contributed by atoms with van der Waals surface area (Å²) in [5, 5.41) is 17.5. The molecule has 0 aliphatic rings.